The number of anilines is 2. The lowest BCUT2D eigenvalue weighted by Gasteiger charge is -2.23. The first kappa shape index (κ1) is 16.6. The Balaban J connectivity index is 1.34. The van der Waals surface area contributed by atoms with Crippen LogP contribution in [0, 0.1) is 0 Å². The Morgan fingerprint density at radius 1 is 1.08 bits per heavy atom. The van der Waals surface area contributed by atoms with Crippen LogP contribution >= 0.6 is 11.3 Å². The fourth-order valence-electron chi connectivity index (χ4n) is 3.97. The zero-order chi connectivity index (χ0) is 17.1. The minimum atomic E-state index is 0.0797. The maximum absolute atomic E-state index is 12.5. The number of carbonyl (C=O) groups is 1. The van der Waals surface area contributed by atoms with Gasteiger partial charge >= 0.3 is 0 Å². The molecule has 0 saturated carbocycles. The molecule has 5 heteroatoms. The number of hydrogen-bond acceptors (Lipinski definition) is 4. The largest absolute Gasteiger partial charge is 0.372 e. The second kappa shape index (κ2) is 7.58. The normalized spacial score (nSPS) is 21.0. The molecule has 1 amide bonds. The standard InChI is InChI=1S/C20H25N3OS/c24-20(14-23-12-3-4-19(23)16-9-13-25-15-16)21-17-5-7-18(8-6-17)22-10-1-2-11-22/h5-9,13,15,19H,1-4,10-12,14H2,(H,21,24)/t19-/m1/s1. The van der Waals surface area contributed by atoms with E-state index in [0.29, 0.717) is 12.6 Å². The maximum Gasteiger partial charge on any atom is 0.238 e. The molecule has 4 rings (SSSR count). The van der Waals surface area contributed by atoms with Crippen molar-refractivity contribution >= 4 is 28.6 Å². The topological polar surface area (TPSA) is 35.6 Å². The molecule has 1 aromatic carbocycles. The van der Waals surface area contributed by atoms with Gasteiger partial charge in [-0.05, 0) is 78.9 Å². The molecule has 3 heterocycles. The number of amides is 1. The van der Waals surface area contributed by atoms with Gasteiger partial charge in [0.25, 0.3) is 0 Å². The summed E-state index contributed by atoms with van der Waals surface area (Å²) in [6.07, 6.45) is 4.87. The summed E-state index contributed by atoms with van der Waals surface area (Å²) >= 11 is 1.73. The molecule has 1 N–H and O–H groups in total. The van der Waals surface area contributed by atoms with Crippen LogP contribution in [0.5, 0.6) is 0 Å². The molecule has 0 bridgehead atoms. The smallest absolute Gasteiger partial charge is 0.238 e. The number of likely N-dealkylation sites (tertiary alicyclic amines) is 1. The molecule has 2 fully saturated rings. The summed E-state index contributed by atoms with van der Waals surface area (Å²) in [6, 6.07) is 10.9. The molecular weight excluding hydrogens is 330 g/mol. The van der Waals surface area contributed by atoms with E-state index < -0.39 is 0 Å². The SMILES string of the molecule is O=C(CN1CCC[C@@H]1c1ccsc1)Nc1ccc(N2CCCC2)cc1. The van der Waals surface area contributed by atoms with Crippen molar-refractivity contribution < 1.29 is 4.79 Å². The van der Waals surface area contributed by atoms with Crippen molar-refractivity contribution in [2.24, 2.45) is 0 Å². The summed E-state index contributed by atoms with van der Waals surface area (Å²) in [6.45, 7) is 3.76. The van der Waals surface area contributed by atoms with Crippen LogP contribution in [0.1, 0.15) is 37.3 Å². The quantitative estimate of drug-likeness (QED) is 0.876. The Bertz CT molecular complexity index is 692. The molecule has 2 aromatic rings. The fraction of sp³-hybridized carbons (Fsp3) is 0.450. The van der Waals surface area contributed by atoms with E-state index in [9.17, 15) is 4.79 Å². The molecule has 25 heavy (non-hydrogen) atoms. The average Bonchev–Trinajstić information content (AvgIpc) is 3.37. The van der Waals surface area contributed by atoms with Crippen LogP contribution in [0.4, 0.5) is 11.4 Å². The summed E-state index contributed by atoms with van der Waals surface area (Å²) < 4.78 is 0. The predicted molar refractivity (Wildman–Crippen MR) is 104 cm³/mol. The van der Waals surface area contributed by atoms with Gasteiger partial charge < -0.3 is 10.2 Å². The van der Waals surface area contributed by atoms with E-state index in [-0.39, 0.29) is 5.91 Å². The van der Waals surface area contributed by atoms with Gasteiger partial charge in [-0.15, -0.1) is 0 Å². The van der Waals surface area contributed by atoms with Crippen molar-refractivity contribution in [3.63, 3.8) is 0 Å². The van der Waals surface area contributed by atoms with Crippen LogP contribution in [-0.2, 0) is 4.79 Å². The third-order valence-electron chi connectivity index (χ3n) is 5.26. The second-order valence-electron chi connectivity index (χ2n) is 6.97. The van der Waals surface area contributed by atoms with Gasteiger partial charge in [-0.1, -0.05) is 0 Å². The molecule has 0 aliphatic carbocycles. The maximum atomic E-state index is 12.5. The molecule has 0 unspecified atom stereocenters. The van der Waals surface area contributed by atoms with Crippen LogP contribution in [0.2, 0.25) is 0 Å². The van der Waals surface area contributed by atoms with E-state index in [1.165, 1.54) is 30.5 Å². The van der Waals surface area contributed by atoms with E-state index in [1.54, 1.807) is 11.3 Å². The van der Waals surface area contributed by atoms with Crippen molar-refractivity contribution in [1.29, 1.82) is 0 Å². The zero-order valence-electron chi connectivity index (χ0n) is 14.5. The first-order valence-corrected chi connectivity index (χ1v) is 10.1. The minimum absolute atomic E-state index is 0.0797. The van der Waals surface area contributed by atoms with Gasteiger partial charge in [0.1, 0.15) is 0 Å². The monoisotopic (exact) mass is 355 g/mol. The summed E-state index contributed by atoms with van der Waals surface area (Å²) in [7, 11) is 0. The number of carbonyl (C=O) groups excluding carboxylic acids is 1. The number of rotatable bonds is 5. The molecule has 0 radical (unpaired) electrons. The lowest BCUT2D eigenvalue weighted by Crippen LogP contribution is -2.32. The Morgan fingerprint density at radius 2 is 1.88 bits per heavy atom. The highest BCUT2D eigenvalue weighted by molar-refractivity contribution is 7.07. The van der Waals surface area contributed by atoms with Crippen LogP contribution in [0.15, 0.2) is 41.1 Å². The fourth-order valence-corrected chi connectivity index (χ4v) is 4.68. The Hall–Kier alpha value is -1.85. The predicted octanol–water partition coefficient (Wildman–Crippen LogP) is 4.12. The second-order valence-corrected chi connectivity index (χ2v) is 7.75. The van der Waals surface area contributed by atoms with E-state index >= 15 is 0 Å². The molecular formula is C20H25N3OS. The van der Waals surface area contributed by atoms with E-state index in [0.717, 1.165) is 31.7 Å². The lowest BCUT2D eigenvalue weighted by atomic mass is 10.1. The van der Waals surface area contributed by atoms with E-state index in [2.05, 4.69) is 44.1 Å². The number of thiophene rings is 1. The van der Waals surface area contributed by atoms with Gasteiger partial charge in [0.15, 0.2) is 0 Å². The molecule has 2 aliphatic heterocycles. The van der Waals surface area contributed by atoms with Gasteiger partial charge in [0, 0.05) is 30.5 Å². The summed E-state index contributed by atoms with van der Waals surface area (Å²) in [4.78, 5) is 17.2. The van der Waals surface area contributed by atoms with Crippen molar-refractivity contribution in [2.45, 2.75) is 31.7 Å². The Labute approximate surface area is 153 Å². The van der Waals surface area contributed by atoms with Crippen LogP contribution in [-0.4, -0.2) is 37.0 Å². The highest BCUT2D eigenvalue weighted by Crippen LogP contribution is 2.32. The van der Waals surface area contributed by atoms with Gasteiger partial charge in [-0.2, -0.15) is 11.3 Å². The van der Waals surface area contributed by atoms with Crippen LogP contribution < -0.4 is 10.2 Å². The van der Waals surface area contributed by atoms with Gasteiger partial charge in [0.2, 0.25) is 5.91 Å². The van der Waals surface area contributed by atoms with Crippen molar-refractivity contribution in [3.05, 3.63) is 46.7 Å². The molecule has 4 nitrogen and oxygen atoms in total. The summed E-state index contributed by atoms with van der Waals surface area (Å²) in [5.74, 6) is 0.0797. The van der Waals surface area contributed by atoms with Crippen LogP contribution in [0.25, 0.3) is 0 Å². The highest BCUT2D eigenvalue weighted by atomic mass is 32.1. The molecule has 1 aromatic heterocycles. The summed E-state index contributed by atoms with van der Waals surface area (Å²) in [5.41, 5.74) is 3.50. The highest BCUT2D eigenvalue weighted by Gasteiger charge is 2.27. The molecule has 2 saturated heterocycles. The van der Waals surface area contributed by atoms with Crippen molar-refractivity contribution in [2.75, 3.05) is 36.4 Å². The number of benzene rings is 1. The Kier molecular flexibility index (Phi) is 5.04. The molecule has 0 spiro atoms. The third kappa shape index (κ3) is 3.88. The summed E-state index contributed by atoms with van der Waals surface area (Å²) in [5, 5.41) is 7.38. The van der Waals surface area contributed by atoms with Crippen molar-refractivity contribution in [1.82, 2.24) is 4.90 Å². The lowest BCUT2D eigenvalue weighted by molar-refractivity contribution is -0.117. The molecule has 132 valence electrons. The van der Waals surface area contributed by atoms with E-state index in [1.807, 2.05) is 12.1 Å². The number of nitrogens with one attached hydrogen (secondary N) is 1. The average molecular weight is 356 g/mol. The first-order valence-electron chi connectivity index (χ1n) is 9.20. The van der Waals surface area contributed by atoms with Gasteiger partial charge in [-0.3, -0.25) is 9.69 Å². The van der Waals surface area contributed by atoms with Crippen LogP contribution in [0.3, 0.4) is 0 Å². The Morgan fingerprint density at radius 3 is 2.60 bits per heavy atom. The first-order chi connectivity index (χ1) is 12.3. The molecule has 1 atom stereocenters. The number of hydrogen-bond donors (Lipinski definition) is 1. The number of nitrogens with zero attached hydrogens (tertiary/aromatic N) is 2. The molecule has 2 aliphatic rings. The third-order valence-corrected chi connectivity index (χ3v) is 5.96. The minimum Gasteiger partial charge on any atom is -0.372 e. The van der Waals surface area contributed by atoms with Gasteiger partial charge in [0.05, 0.1) is 6.54 Å². The zero-order valence-corrected chi connectivity index (χ0v) is 15.3. The van der Waals surface area contributed by atoms with Crippen molar-refractivity contribution in [3.8, 4) is 0 Å². The van der Waals surface area contributed by atoms with E-state index in [4.69, 9.17) is 0 Å². The van der Waals surface area contributed by atoms with Gasteiger partial charge in [-0.25, -0.2) is 0 Å².